The minimum absolute atomic E-state index is 0.0777. The van der Waals surface area contributed by atoms with E-state index in [1.54, 1.807) is 13.8 Å². The van der Waals surface area contributed by atoms with Gasteiger partial charge in [0.15, 0.2) is 0 Å². The van der Waals surface area contributed by atoms with Crippen LogP contribution in [0.1, 0.15) is 13.8 Å². The molecule has 0 saturated carbocycles. The third kappa shape index (κ3) is 3.83. The highest BCUT2D eigenvalue weighted by atomic mass is 35.5. The lowest BCUT2D eigenvalue weighted by Crippen LogP contribution is -2.34. The molecule has 0 fully saturated rings. The highest BCUT2D eigenvalue weighted by Crippen LogP contribution is 2.26. The maximum absolute atomic E-state index is 12.4. The molecule has 4 nitrogen and oxygen atoms in total. The molecule has 104 valence electrons. The summed E-state index contributed by atoms with van der Waals surface area (Å²) in [4.78, 5) is 0.0777. The van der Waals surface area contributed by atoms with Crippen LogP contribution < -0.4 is 0 Å². The molecule has 19 heavy (non-hydrogen) atoms. The van der Waals surface area contributed by atoms with Crippen LogP contribution in [0.15, 0.2) is 23.1 Å². The number of nitrogens with zero attached hydrogens (tertiary/aromatic N) is 2. The molecule has 7 heteroatoms. The molecule has 0 radical (unpaired) electrons. The van der Waals surface area contributed by atoms with Crippen LogP contribution in [0.25, 0.3) is 0 Å². The molecule has 1 atom stereocenters. The highest BCUT2D eigenvalue weighted by Gasteiger charge is 2.25. The Morgan fingerprint density at radius 1 is 1.37 bits per heavy atom. The molecular weight excluding hydrogens is 307 g/mol. The van der Waals surface area contributed by atoms with Gasteiger partial charge >= 0.3 is 0 Å². The van der Waals surface area contributed by atoms with Gasteiger partial charge in [-0.2, -0.15) is 9.57 Å². The standard InChI is InChI=1S/C12H14Cl2N2O2S/c1-3-16(8-9(2)7-15)19(17,18)10-4-5-11(13)12(14)6-10/h4-6,9H,3,8H2,1-2H3. The largest absolute Gasteiger partial charge is 0.243 e. The van der Waals surface area contributed by atoms with Gasteiger partial charge in [-0.05, 0) is 25.1 Å². The first-order valence-electron chi connectivity index (χ1n) is 5.67. The first-order valence-corrected chi connectivity index (χ1v) is 7.87. The van der Waals surface area contributed by atoms with Gasteiger partial charge in [-0.1, -0.05) is 30.1 Å². The van der Waals surface area contributed by atoms with Gasteiger partial charge in [-0.3, -0.25) is 0 Å². The summed E-state index contributed by atoms with van der Waals surface area (Å²) in [6, 6.07) is 6.19. The molecule has 1 unspecified atom stereocenters. The van der Waals surface area contributed by atoms with Crippen molar-refractivity contribution in [3.8, 4) is 6.07 Å². The van der Waals surface area contributed by atoms with E-state index in [0.29, 0.717) is 5.02 Å². The fourth-order valence-corrected chi connectivity index (χ4v) is 3.46. The van der Waals surface area contributed by atoms with Gasteiger partial charge < -0.3 is 0 Å². The maximum atomic E-state index is 12.4. The van der Waals surface area contributed by atoms with Crippen molar-refractivity contribution in [2.24, 2.45) is 5.92 Å². The van der Waals surface area contributed by atoms with Gasteiger partial charge in [0, 0.05) is 13.1 Å². The lowest BCUT2D eigenvalue weighted by molar-refractivity contribution is 0.400. The number of benzene rings is 1. The van der Waals surface area contributed by atoms with Crippen LogP contribution >= 0.6 is 23.2 Å². The lowest BCUT2D eigenvalue weighted by atomic mass is 10.2. The Labute approximate surface area is 123 Å². The van der Waals surface area contributed by atoms with Gasteiger partial charge in [-0.15, -0.1) is 0 Å². The summed E-state index contributed by atoms with van der Waals surface area (Å²) in [7, 11) is -3.66. The SMILES string of the molecule is CCN(CC(C)C#N)S(=O)(=O)c1ccc(Cl)c(Cl)c1. The Balaban J connectivity index is 3.14. The van der Waals surface area contributed by atoms with Gasteiger partial charge in [0.2, 0.25) is 10.0 Å². The van der Waals surface area contributed by atoms with E-state index in [2.05, 4.69) is 0 Å². The maximum Gasteiger partial charge on any atom is 0.243 e. The van der Waals surface area contributed by atoms with Crippen molar-refractivity contribution in [2.75, 3.05) is 13.1 Å². The first kappa shape index (κ1) is 16.3. The van der Waals surface area contributed by atoms with Crippen molar-refractivity contribution < 1.29 is 8.42 Å². The van der Waals surface area contributed by atoms with Crippen LogP contribution in [0.4, 0.5) is 0 Å². The summed E-state index contributed by atoms with van der Waals surface area (Å²) in [6.45, 7) is 3.83. The average Bonchev–Trinajstić information content (AvgIpc) is 2.38. The van der Waals surface area contributed by atoms with E-state index in [1.807, 2.05) is 6.07 Å². The Hall–Kier alpha value is -0.800. The van der Waals surface area contributed by atoms with E-state index >= 15 is 0 Å². The molecule has 1 aromatic rings. The van der Waals surface area contributed by atoms with E-state index in [1.165, 1.54) is 22.5 Å². The third-order valence-corrected chi connectivity index (χ3v) is 5.26. The smallest absolute Gasteiger partial charge is 0.207 e. The molecule has 0 aromatic heterocycles. The predicted molar refractivity (Wildman–Crippen MR) is 75.7 cm³/mol. The lowest BCUT2D eigenvalue weighted by Gasteiger charge is -2.21. The zero-order valence-electron chi connectivity index (χ0n) is 10.6. The van der Waals surface area contributed by atoms with Gasteiger partial charge in [0.05, 0.1) is 26.9 Å². The summed E-state index contributed by atoms with van der Waals surface area (Å²) in [5.41, 5.74) is 0. The minimum atomic E-state index is -3.66. The molecule has 1 rings (SSSR count). The summed E-state index contributed by atoms with van der Waals surface area (Å²) in [5, 5.41) is 9.27. The van der Waals surface area contributed by atoms with E-state index in [9.17, 15) is 8.42 Å². The Bertz CT molecular complexity index is 596. The van der Waals surface area contributed by atoms with Crippen molar-refractivity contribution in [3.05, 3.63) is 28.2 Å². The molecule has 0 bridgehead atoms. The topological polar surface area (TPSA) is 61.2 Å². The number of nitriles is 1. The number of sulfonamides is 1. The fraction of sp³-hybridized carbons (Fsp3) is 0.417. The first-order chi connectivity index (χ1) is 8.82. The normalized spacial score (nSPS) is 13.3. The second-order valence-corrected chi connectivity index (χ2v) is 6.81. The van der Waals surface area contributed by atoms with Gasteiger partial charge in [0.25, 0.3) is 0 Å². The van der Waals surface area contributed by atoms with E-state index in [4.69, 9.17) is 28.5 Å². The van der Waals surface area contributed by atoms with Crippen molar-refractivity contribution in [1.82, 2.24) is 4.31 Å². The third-order valence-electron chi connectivity index (χ3n) is 2.58. The molecule has 0 N–H and O–H groups in total. The van der Waals surface area contributed by atoms with Crippen molar-refractivity contribution in [3.63, 3.8) is 0 Å². The zero-order chi connectivity index (χ0) is 14.6. The van der Waals surface area contributed by atoms with E-state index in [0.717, 1.165) is 0 Å². The average molecular weight is 321 g/mol. The second-order valence-electron chi connectivity index (χ2n) is 4.06. The second kappa shape index (κ2) is 6.58. The van der Waals surface area contributed by atoms with Crippen LogP contribution in [-0.2, 0) is 10.0 Å². The quantitative estimate of drug-likeness (QED) is 0.837. The van der Waals surface area contributed by atoms with Crippen molar-refractivity contribution in [2.45, 2.75) is 18.7 Å². The highest BCUT2D eigenvalue weighted by molar-refractivity contribution is 7.89. The van der Waals surface area contributed by atoms with Gasteiger partial charge in [-0.25, -0.2) is 8.42 Å². The molecule has 0 saturated heterocycles. The summed E-state index contributed by atoms with van der Waals surface area (Å²) in [5.74, 6) is -0.377. The molecule has 0 aliphatic rings. The monoisotopic (exact) mass is 320 g/mol. The van der Waals surface area contributed by atoms with Crippen LogP contribution in [0.5, 0.6) is 0 Å². The number of rotatable bonds is 5. The van der Waals surface area contributed by atoms with Crippen molar-refractivity contribution >= 4 is 33.2 Å². The zero-order valence-corrected chi connectivity index (χ0v) is 12.9. The number of halogens is 2. The number of hydrogen-bond donors (Lipinski definition) is 0. The summed E-state index contributed by atoms with van der Waals surface area (Å²) < 4.78 is 26.0. The van der Waals surface area contributed by atoms with Crippen molar-refractivity contribution in [1.29, 1.82) is 5.26 Å². The van der Waals surface area contributed by atoms with E-state index in [-0.39, 0.29) is 28.9 Å². The molecule has 0 aliphatic heterocycles. The fourth-order valence-electron chi connectivity index (χ4n) is 1.53. The summed E-state index contributed by atoms with van der Waals surface area (Å²) in [6.07, 6.45) is 0. The van der Waals surface area contributed by atoms with Crippen LogP contribution in [-0.4, -0.2) is 25.8 Å². The Morgan fingerprint density at radius 2 is 2.00 bits per heavy atom. The van der Waals surface area contributed by atoms with Crippen LogP contribution in [0.3, 0.4) is 0 Å². The molecule has 0 heterocycles. The van der Waals surface area contributed by atoms with Crippen LogP contribution in [0.2, 0.25) is 10.0 Å². The number of hydrogen-bond acceptors (Lipinski definition) is 3. The van der Waals surface area contributed by atoms with Gasteiger partial charge in [0.1, 0.15) is 0 Å². The Kier molecular flexibility index (Phi) is 5.63. The molecule has 0 amide bonds. The van der Waals surface area contributed by atoms with E-state index < -0.39 is 10.0 Å². The molecule has 0 aliphatic carbocycles. The van der Waals surface area contributed by atoms with Crippen LogP contribution in [0, 0.1) is 17.2 Å². The minimum Gasteiger partial charge on any atom is -0.207 e. The molecular formula is C12H14Cl2N2O2S. The summed E-state index contributed by atoms with van der Waals surface area (Å²) >= 11 is 11.6. The molecule has 1 aromatic carbocycles. The molecule has 0 spiro atoms. The Morgan fingerprint density at radius 3 is 2.47 bits per heavy atom. The predicted octanol–water partition coefficient (Wildman–Crippen LogP) is 3.16.